The molecule has 2 aromatic carbocycles. The van der Waals surface area contributed by atoms with Crippen LogP contribution in [0.15, 0.2) is 60.8 Å². The third-order valence-corrected chi connectivity index (χ3v) is 5.85. The Morgan fingerprint density at radius 2 is 1.58 bits per heavy atom. The number of hydrogen-bond acceptors (Lipinski definition) is 3. The van der Waals surface area contributed by atoms with E-state index in [1.54, 1.807) is 4.90 Å². The maximum Gasteiger partial charge on any atom is 0.244 e. The highest BCUT2D eigenvalue weighted by Gasteiger charge is 2.29. The van der Waals surface area contributed by atoms with Crippen molar-refractivity contribution in [3.05, 3.63) is 77.7 Å². The summed E-state index contributed by atoms with van der Waals surface area (Å²) < 4.78 is 0. The van der Waals surface area contributed by atoms with E-state index in [1.807, 2.05) is 69.5 Å². The number of benzene rings is 2. The lowest BCUT2D eigenvalue weighted by molar-refractivity contribution is -0.137. The Balaban J connectivity index is 1.79. The van der Waals surface area contributed by atoms with Gasteiger partial charge in [0.25, 0.3) is 0 Å². The summed E-state index contributed by atoms with van der Waals surface area (Å²) in [6.45, 7) is 8.63. The van der Waals surface area contributed by atoms with Gasteiger partial charge in [-0.2, -0.15) is 0 Å². The van der Waals surface area contributed by atoms with Crippen LogP contribution in [0.4, 0.5) is 0 Å². The van der Waals surface area contributed by atoms with Crippen molar-refractivity contribution in [3.63, 3.8) is 0 Å². The van der Waals surface area contributed by atoms with Crippen molar-refractivity contribution >= 4 is 5.91 Å². The number of carbonyl (C=O) groups is 1. The monoisotopic (exact) mass is 418 g/mol. The molecule has 0 fully saturated rings. The zero-order valence-electron chi connectivity index (χ0n) is 19.7. The van der Waals surface area contributed by atoms with Gasteiger partial charge in [0.2, 0.25) is 5.91 Å². The Labute approximate surface area is 186 Å². The SMILES string of the molecule is CC(c1ncc(-c2ccc(C(C)(C)C)cc2)[nH]1)N(C)C(=O)C(c1ccccc1)N(C)C. The van der Waals surface area contributed by atoms with Gasteiger partial charge in [-0.25, -0.2) is 4.98 Å². The fraction of sp³-hybridized carbons (Fsp3) is 0.385. The van der Waals surface area contributed by atoms with E-state index < -0.39 is 0 Å². The number of nitrogens with one attached hydrogen (secondary N) is 1. The molecule has 31 heavy (non-hydrogen) atoms. The van der Waals surface area contributed by atoms with Crippen molar-refractivity contribution < 1.29 is 4.79 Å². The van der Waals surface area contributed by atoms with Crippen LogP contribution in [0.5, 0.6) is 0 Å². The first-order chi connectivity index (χ1) is 14.6. The molecule has 3 rings (SSSR count). The molecule has 2 unspecified atom stereocenters. The number of hydrogen-bond donors (Lipinski definition) is 1. The Kier molecular flexibility index (Phi) is 6.65. The van der Waals surface area contributed by atoms with Crippen molar-refractivity contribution in [2.75, 3.05) is 21.1 Å². The molecule has 5 heteroatoms. The summed E-state index contributed by atoms with van der Waals surface area (Å²) >= 11 is 0. The maximum absolute atomic E-state index is 13.4. The summed E-state index contributed by atoms with van der Waals surface area (Å²) in [6, 6.07) is 17.9. The van der Waals surface area contributed by atoms with Crippen LogP contribution in [0, 0.1) is 0 Å². The minimum Gasteiger partial charge on any atom is -0.340 e. The third-order valence-electron chi connectivity index (χ3n) is 5.85. The van der Waals surface area contributed by atoms with Gasteiger partial charge in [0.15, 0.2) is 0 Å². The largest absolute Gasteiger partial charge is 0.340 e. The number of imidazole rings is 1. The molecule has 0 bridgehead atoms. The Morgan fingerprint density at radius 1 is 0.968 bits per heavy atom. The molecule has 0 radical (unpaired) electrons. The van der Waals surface area contributed by atoms with Gasteiger partial charge in [0.05, 0.1) is 17.9 Å². The summed E-state index contributed by atoms with van der Waals surface area (Å²) in [5, 5.41) is 0. The quantitative estimate of drug-likeness (QED) is 0.599. The summed E-state index contributed by atoms with van der Waals surface area (Å²) in [5.74, 6) is 0.812. The van der Waals surface area contributed by atoms with Crippen LogP contribution in [0.1, 0.15) is 56.7 Å². The molecule has 1 N–H and O–H groups in total. The van der Waals surface area contributed by atoms with Crippen LogP contribution < -0.4 is 0 Å². The Morgan fingerprint density at radius 3 is 2.13 bits per heavy atom. The number of aromatic nitrogens is 2. The molecule has 0 spiro atoms. The smallest absolute Gasteiger partial charge is 0.244 e. The highest BCUT2D eigenvalue weighted by atomic mass is 16.2. The van der Waals surface area contributed by atoms with E-state index in [1.165, 1.54) is 5.56 Å². The second-order valence-electron chi connectivity index (χ2n) is 9.41. The average Bonchev–Trinajstić information content (AvgIpc) is 3.23. The van der Waals surface area contributed by atoms with Crippen molar-refractivity contribution in [2.45, 2.75) is 45.2 Å². The number of nitrogens with zero attached hydrogens (tertiary/aromatic N) is 3. The fourth-order valence-corrected chi connectivity index (χ4v) is 3.71. The van der Waals surface area contributed by atoms with E-state index >= 15 is 0 Å². The second kappa shape index (κ2) is 9.06. The molecule has 0 aliphatic carbocycles. The lowest BCUT2D eigenvalue weighted by Crippen LogP contribution is -2.39. The minimum atomic E-state index is -0.340. The standard InChI is InChI=1S/C26H34N4O/c1-18(30(7)25(31)23(29(5)6)20-11-9-8-10-12-20)24-27-17-22(28-24)19-13-15-21(16-14-19)26(2,3)4/h8-18,23H,1-7H3,(H,27,28). The Hall–Kier alpha value is -2.92. The van der Waals surface area contributed by atoms with Crippen LogP contribution in [-0.4, -0.2) is 46.8 Å². The van der Waals surface area contributed by atoms with Crippen molar-refractivity contribution in [2.24, 2.45) is 0 Å². The molecule has 0 aliphatic heterocycles. The molecule has 2 atom stereocenters. The zero-order chi connectivity index (χ0) is 22.8. The number of H-pyrrole nitrogens is 1. The van der Waals surface area contributed by atoms with Gasteiger partial charge < -0.3 is 9.88 Å². The molecule has 5 nitrogen and oxygen atoms in total. The van der Waals surface area contributed by atoms with E-state index in [-0.39, 0.29) is 23.4 Å². The normalized spacial score (nSPS) is 13.8. The molecule has 1 aromatic heterocycles. The molecule has 0 saturated carbocycles. The topological polar surface area (TPSA) is 52.2 Å². The van der Waals surface area contributed by atoms with E-state index in [9.17, 15) is 4.79 Å². The fourth-order valence-electron chi connectivity index (χ4n) is 3.71. The van der Waals surface area contributed by atoms with Crippen LogP contribution in [-0.2, 0) is 10.2 Å². The van der Waals surface area contributed by atoms with Gasteiger partial charge in [0.1, 0.15) is 11.9 Å². The third kappa shape index (κ3) is 5.05. The first-order valence-electron chi connectivity index (χ1n) is 10.7. The average molecular weight is 419 g/mol. The van der Waals surface area contributed by atoms with Gasteiger partial charge in [0, 0.05) is 7.05 Å². The summed E-state index contributed by atoms with van der Waals surface area (Å²) in [5.41, 5.74) is 4.44. The Bertz CT molecular complexity index is 1000. The maximum atomic E-state index is 13.4. The summed E-state index contributed by atoms with van der Waals surface area (Å²) in [6.07, 6.45) is 1.84. The second-order valence-corrected chi connectivity index (χ2v) is 9.41. The number of rotatable bonds is 6. The van der Waals surface area contributed by atoms with Gasteiger partial charge in [-0.1, -0.05) is 75.4 Å². The number of likely N-dealkylation sites (N-methyl/N-ethyl adjacent to an activating group) is 2. The van der Waals surface area contributed by atoms with Gasteiger partial charge >= 0.3 is 0 Å². The summed E-state index contributed by atoms with van der Waals surface area (Å²) in [4.78, 5) is 25.1. The van der Waals surface area contributed by atoms with Crippen LogP contribution in [0.25, 0.3) is 11.3 Å². The highest BCUT2D eigenvalue weighted by Crippen LogP contribution is 2.28. The zero-order valence-corrected chi connectivity index (χ0v) is 19.7. The predicted molar refractivity (Wildman–Crippen MR) is 127 cm³/mol. The number of carbonyl (C=O) groups excluding carboxylic acids is 1. The lowest BCUT2D eigenvalue weighted by atomic mass is 9.86. The number of amides is 1. The molecule has 1 heterocycles. The molecular weight excluding hydrogens is 384 g/mol. The molecular formula is C26H34N4O. The molecule has 0 aliphatic rings. The predicted octanol–water partition coefficient (Wildman–Crippen LogP) is 5.20. The van der Waals surface area contributed by atoms with Gasteiger partial charge in [-0.05, 0) is 43.1 Å². The van der Waals surface area contributed by atoms with Crippen molar-refractivity contribution in [3.8, 4) is 11.3 Å². The van der Waals surface area contributed by atoms with Crippen molar-refractivity contribution in [1.29, 1.82) is 0 Å². The first-order valence-corrected chi connectivity index (χ1v) is 10.7. The van der Waals surface area contributed by atoms with Crippen molar-refractivity contribution in [1.82, 2.24) is 19.8 Å². The van der Waals surface area contributed by atoms with Crippen LogP contribution >= 0.6 is 0 Å². The molecule has 0 saturated heterocycles. The minimum absolute atomic E-state index is 0.0381. The van der Waals surface area contributed by atoms with Gasteiger partial charge in [-0.3, -0.25) is 9.69 Å². The van der Waals surface area contributed by atoms with E-state index in [2.05, 4.69) is 55.0 Å². The van der Waals surface area contributed by atoms with Crippen LogP contribution in [0.3, 0.4) is 0 Å². The summed E-state index contributed by atoms with van der Waals surface area (Å²) in [7, 11) is 5.70. The molecule has 1 amide bonds. The molecule has 164 valence electrons. The van der Waals surface area contributed by atoms with E-state index in [0.717, 1.165) is 22.6 Å². The van der Waals surface area contributed by atoms with Gasteiger partial charge in [-0.15, -0.1) is 0 Å². The van der Waals surface area contributed by atoms with E-state index in [0.29, 0.717) is 0 Å². The van der Waals surface area contributed by atoms with E-state index in [4.69, 9.17) is 0 Å². The highest BCUT2D eigenvalue weighted by molar-refractivity contribution is 5.83. The van der Waals surface area contributed by atoms with Crippen LogP contribution in [0.2, 0.25) is 0 Å². The lowest BCUT2D eigenvalue weighted by Gasteiger charge is -2.31. The molecule has 3 aromatic rings. The first kappa shape index (κ1) is 22.8. The number of aromatic amines is 1.